The van der Waals surface area contributed by atoms with Gasteiger partial charge in [0.05, 0.1) is 5.56 Å². The molecular formula is C16H21F4N. The first-order valence-electron chi connectivity index (χ1n) is 7.21. The summed E-state index contributed by atoms with van der Waals surface area (Å²) >= 11 is 0. The molecule has 0 spiro atoms. The molecule has 2 unspecified atom stereocenters. The summed E-state index contributed by atoms with van der Waals surface area (Å²) in [6.07, 6.45) is -1.87. The number of alkyl halides is 3. The van der Waals surface area contributed by atoms with Crippen LogP contribution in [0.3, 0.4) is 0 Å². The molecule has 2 rings (SSSR count). The molecule has 5 heteroatoms. The van der Waals surface area contributed by atoms with Crippen molar-refractivity contribution in [3.63, 3.8) is 0 Å². The highest BCUT2D eigenvalue weighted by Crippen LogP contribution is 2.47. The first-order valence-corrected chi connectivity index (χ1v) is 7.21. The fourth-order valence-corrected chi connectivity index (χ4v) is 3.31. The molecule has 0 aromatic heterocycles. The standard InChI is InChI=1S/C16H21F4N/c1-15(2)6-5-11(9-21)12(8-15)10-3-4-13(14(17)7-10)16(18,19)20/h3-4,7,11-12H,5-6,8-9,21H2,1-2H3. The van der Waals surface area contributed by atoms with Gasteiger partial charge in [-0.3, -0.25) is 0 Å². The molecule has 21 heavy (non-hydrogen) atoms. The fraction of sp³-hybridized carbons (Fsp3) is 0.625. The van der Waals surface area contributed by atoms with Crippen molar-refractivity contribution in [3.8, 4) is 0 Å². The summed E-state index contributed by atoms with van der Waals surface area (Å²) < 4.78 is 51.7. The number of nitrogens with two attached hydrogens (primary N) is 1. The Labute approximate surface area is 122 Å². The average molecular weight is 303 g/mol. The van der Waals surface area contributed by atoms with Gasteiger partial charge in [0, 0.05) is 0 Å². The van der Waals surface area contributed by atoms with Crippen LogP contribution in [0.5, 0.6) is 0 Å². The molecule has 0 radical (unpaired) electrons. The molecule has 0 amide bonds. The number of halogens is 4. The fourth-order valence-electron chi connectivity index (χ4n) is 3.31. The van der Waals surface area contributed by atoms with E-state index in [0.29, 0.717) is 12.1 Å². The van der Waals surface area contributed by atoms with Crippen LogP contribution in [0.2, 0.25) is 0 Å². The molecule has 0 saturated heterocycles. The summed E-state index contributed by atoms with van der Waals surface area (Å²) in [6, 6.07) is 3.29. The van der Waals surface area contributed by atoms with Crippen LogP contribution in [0.1, 0.15) is 50.2 Å². The first kappa shape index (κ1) is 16.3. The Morgan fingerprint density at radius 1 is 1.29 bits per heavy atom. The molecule has 0 bridgehead atoms. The lowest BCUT2D eigenvalue weighted by Crippen LogP contribution is -2.32. The van der Waals surface area contributed by atoms with Crippen molar-refractivity contribution >= 4 is 0 Å². The zero-order chi connectivity index (χ0) is 15.8. The highest BCUT2D eigenvalue weighted by molar-refractivity contribution is 5.30. The van der Waals surface area contributed by atoms with E-state index in [1.807, 2.05) is 0 Å². The van der Waals surface area contributed by atoms with Crippen molar-refractivity contribution in [1.29, 1.82) is 0 Å². The van der Waals surface area contributed by atoms with E-state index >= 15 is 0 Å². The second kappa shape index (κ2) is 5.59. The molecule has 2 N–H and O–H groups in total. The van der Waals surface area contributed by atoms with E-state index in [4.69, 9.17) is 5.73 Å². The maximum atomic E-state index is 13.8. The lowest BCUT2D eigenvalue weighted by molar-refractivity contribution is -0.140. The molecule has 1 aliphatic carbocycles. The predicted octanol–water partition coefficient (Wildman–Crippen LogP) is 4.71. The third-order valence-electron chi connectivity index (χ3n) is 4.56. The normalized spacial score (nSPS) is 25.9. The van der Waals surface area contributed by atoms with Gasteiger partial charge < -0.3 is 5.73 Å². The van der Waals surface area contributed by atoms with Gasteiger partial charge in [-0.25, -0.2) is 4.39 Å². The second-order valence-electron chi connectivity index (χ2n) is 6.75. The highest BCUT2D eigenvalue weighted by atomic mass is 19.4. The van der Waals surface area contributed by atoms with Gasteiger partial charge in [-0.1, -0.05) is 19.9 Å². The van der Waals surface area contributed by atoms with E-state index in [0.717, 1.165) is 31.4 Å². The Hall–Kier alpha value is -1.10. The minimum Gasteiger partial charge on any atom is -0.330 e. The molecular weight excluding hydrogens is 282 g/mol. The van der Waals surface area contributed by atoms with Crippen molar-refractivity contribution in [2.75, 3.05) is 6.54 Å². The summed E-state index contributed by atoms with van der Waals surface area (Å²) in [5.41, 5.74) is 5.31. The van der Waals surface area contributed by atoms with Crippen LogP contribution in [0, 0.1) is 17.2 Å². The molecule has 2 atom stereocenters. The molecule has 1 aromatic carbocycles. The Kier molecular flexibility index (Phi) is 4.34. The van der Waals surface area contributed by atoms with Gasteiger partial charge in [0.15, 0.2) is 0 Å². The summed E-state index contributed by atoms with van der Waals surface area (Å²) in [5, 5.41) is 0. The average Bonchev–Trinajstić information content (AvgIpc) is 2.36. The Morgan fingerprint density at radius 2 is 1.95 bits per heavy atom. The minimum atomic E-state index is -4.65. The zero-order valence-corrected chi connectivity index (χ0v) is 12.3. The molecule has 1 saturated carbocycles. The monoisotopic (exact) mass is 303 g/mol. The van der Waals surface area contributed by atoms with Crippen molar-refractivity contribution in [2.24, 2.45) is 17.1 Å². The lowest BCUT2D eigenvalue weighted by atomic mass is 9.65. The predicted molar refractivity (Wildman–Crippen MR) is 74.3 cm³/mol. The van der Waals surface area contributed by atoms with Crippen molar-refractivity contribution < 1.29 is 17.6 Å². The number of hydrogen-bond acceptors (Lipinski definition) is 1. The highest BCUT2D eigenvalue weighted by Gasteiger charge is 2.37. The smallest absolute Gasteiger partial charge is 0.330 e. The van der Waals surface area contributed by atoms with Crippen molar-refractivity contribution in [3.05, 3.63) is 35.1 Å². The summed E-state index contributed by atoms with van der Waals surface area (Å²) in [5.74, 6) is -0.969. The SMILES string of the molecule is CC1(C)CCC(CN)C(c2ccc(C(F)(F)F)c(F)c2)C1. The van der Waals surface area contributed by atoms with Crippen LogP contribution in [-0.4, -0.2) is 6.54 Å². The van der Waals surface area contributed by atoms with Crippen molar-refractivity contribution in [2.45, 2.75) is 45.2 Å². The van der Waals surface area contributed by atoms with Crippen LogP contribution >= 0.6 is 0 Å². The summed E-state index contributed by atoms with van der Waals surface area (Å²) in [7, 11) is 0. The summed E-state index contributed by atoms with van der Waals surface area (Å²) in [4.78, 5) is 0. The van der Waals surface area contributed by atoms with Gasteiger partial charge in [0.25, 0.3) is 0 Å². The molecule has 118 valence electrons. The number of benzene rings is 1. The van der Waals surface area contributed by atoms with Crippen LogP contribution < -0.4 is 5.73 Å². The van der Waals surface area contributed by atoms with Crippen LogP contribution in [0.4, 0.5) is 17.6 Å². The van der Waals surface area contributed by atoms with Crippen molar-refractivity contribution in [1.82, 2.24) is 0 Å². The van der Waals surface area contributed by atoms with Gasteiger partial charge in [0.2, 0.25) is 0 Å². The number of rotatable bonds is 2. The minimum absolute atomic E-state index is 0.0236. The lowest BCUT2D eigenvalue weighted by Gasteiger charge is -2.40. The molecule has 1 nitrogen and oxygen atoms in total. The van der Waals surface area contributed by atoms with E-state index in [1.54, 1.807) is 0 Å². The molecule has 1 aliphatic rings. The quantitative estimate of drug-likeness (QED) is 0.786. The van der Waals surface area contributed by atoms with E-state index in [1.165, 1.54) is 6.07 Å². The van der Waals surface area contributed by atoms with Crippen LogP contribution in [-0.2, 0) is 6.18 Å². The maximum absolute atomic E-state index is 13.8. The van der Waals surface area contributed by atoms with Crippen LogP contribution in [0.15, 0.2) is 18.2 Å². The third kappa shape index (κ3) is 3.57. The van der Waals surface area contributed by atoms with E-state index in [-0.39, 0.29) is 17.3 Å². The van der Waals surface area contributed by atoms with E-state index in [9.17, 15) is 17.6 Å². The van der Waals surface area contributed by atoms with E-state index in [2.05, 4.69) is 13.8 Å². The molecule has 0 aliphatic heterocycles. The Bertz CT molecular complexity index is 507. The summed E-state index contributed by atoms with van der Waals surface area (Å²) in [6.45, 7) is 4.74. The first-order chi connectivity index (χ1) is 9.64. The van der Waals surface area contributed by atoms with Gasteiger partial charge >= 0.3 is 6.18 Å². The van der Waals surface area contributed by atoms with E-state index < -0.39 is 17.6 Å². The van der Waals surface area contributed by atoms with Gasteiger partial charge in [-0.05, 0) is 60.8 Å². The molecule has 1 fully saturated rings. The topological polar surface area (TPSA) is 26.0 Å². The van der Waals surface area contributed by atoms with Crippen LogP contribution in [0.25, 0.3) is 0 Å². The van der Waals surface area contributed by atoms with Gasteiger partial charge in [0.1, 0.15) is 5.82 Å². The Morgan fingerprint density at radius 3 is 2.48 bits per heavy atom. The number of hydrogen-bond donors (Lipinski definition) is 1. The van der Waals surface area contributed by atoms with Gasteiger partial charge in [-0.2, -0.15) is 13.2 Å². The maximum Gasteiger partial charge on any atom is 0.419 e. The zero-order valence-electron chi connectivity index (χ0n) is 12.3. The third-order valence-corrected chi connectivity index (χ3v) is 4.56. The molecule has 0 heterocycles. The second-order valence-corrected chi connectivity index (χ2v) is 6.75. The Balaban J connectivity index is 2.33. The molecule has 1 aromatic rings. The van der Waals surface area contributed by atoms with Gasteiger partial charge in [-0.15, -0.1) is 0 Å². The largest absolute Gasteiger partial charge is 0.419 e.